The summed E-state index contributed by atoms with van der Waals surface area (Å²) in [5, 5.41) is 2.49. The molecule has 1 aromatic heterocycles. The van der Waals surface area contributed by atoms with Gasteiger partial charge in [0.05, 0.1) is 11.0 Å². The molecule has 3 aromatic rings. The van der Waals surface area contributed by atoms with Gasteiger partial charge >= 0.3 is 0 Å². The minimum atomic E-state index is -1.42. The van der Waals surface area contributed by atoms with E-state index in [2.05, 4.69) is 97.3 Å². The molecule has 0 saturated heterocycles. The number of hydrogen-bond donors (Lipinski definition) is 0. The topological polar surface area (TPSA) is 4.93 Å². The summed E-state index contributed by atoms with van der Waals surface area (Å²) in [5.74, 6) is 6.29. The van der Waals surface area contributed by atoms with Gasteiger partial charge in [0.15, 0.2) is 0 Å². The van der Waals surface area contributed by atoms with Crippen LogP contribution in [0, 0.1) is 23.4 Å². The summed E-state index contributed by atoms with van der Waals surface area (Å²) in [6.45, 7) is 6.82. The predicted octanol–water partition coefficient (Wildman–Crippen LogP) is 5.65. The Morgan fingerprint density at radius 3 is 1.75 bits per heavy atom. The summed E-state index contributed by atoms with van der Waals surface area (Å²) in [6, 6.07) is 23.8. The van der Waals surface area contributed by atoms with Crippen molar-refractivity contribution in [2.45, 2.75) is 38.9 Å². The summed E-state index contributed by atoms with van der Waals surface area (Å²) in [6.07, 6.45) is 0. The summed E-state index contributed by atoms with van der Waals surface area (Å²) in [4.78, 5) is 0. The quantitative estimate of drug-likeness (QED) is 0.432. The standard InChI is InChI=1S/C22H23NSi/c1-4-24(5-2,6-3)18-12-11-17-23-21-15-9-7-13-19(21)20-14-8-10-16-22(20)23/h7-10,13-16H,4-6H2,1-3H3. The van der Waals surface area contributed by atoms with Crippen LogP contribution in [0.2, 0.25) is 18.1 Å². The summed E-state index contributed by atoms with van der Waals surface area (Å²) < 4.78 is 2.08. The molecule has 3 rings (SSSR count). The first-order chi connectivity index (χ1) is 11.7. The van der Waals surface area contributed by atoms with Gasteiger partial charge < -0.3 is 0 Å². The molecule has 0 fully saturated rings. The van der Waals surface area contributed by atoms with Crippen LogP contribution < -0.4 is 0 Å². The molecule has 1 heterocycles. The zero-order valence-electron chi connectivity index (χ0n) is 14.7. The molecule has 24 heavy (non-hydrogen) atoms. The lowest BCUT2D eigenvalue weighted by molar-refractivity contribution is 1.20. The fraction of sp³-hybridized carbons (Fsp3) is 0.273. The van der Waals surface area contributed by atoms with E-state index in [1.807, 2.05) is 0 Å². The SMILES string of the molecule is CC[Si](C#CC#Cn1c2ccccc2c2ccccc21)(CC)CC. The molecule has 0 saturated carbocycles. The van der Waals surface area contributed by atoms with Crippen LogP contribution >= 0.6 is 0 Å². The molecule has 0 atom stereocenters. The van der Waals surface area contributed by atoms with Gasteiger partial charge in [0.1, 0.15) is 8.07 Å². The second kappa shape index (κ2) is 6.99. The number of fused-ring (bicyclic) bond motifs is 3. The maximum absolute atomic E-state index is 3.54. The van der Waals surface area contributed by atoms with E-state index in [0.717, 1.165) is 11.0 Å². The zero-order valence-corrected chi connectivity index (χ0v) is 15.7. The number of hydrogen-bond acceptors (Lipinski definition) is 0. The molecule has 0 aliphatic rings. The molecule has 0 radical (unpaired) electrons. The summed E-state index contributed by atoms with van der Waals surface area (Å²) in [5.41, 5.74) is 5.84. The Morgan fingerprint density at radius 1 is 0.750 bits per heavy atom. The number of aromatic nitrogens is 1. The summed E-state index contributed by atoms with van der Waals surface area (Å²) in [7, 11) is -1.42. The fourth-order valence-electron chi connectivity index (χ4n) is 3.31. The average Bonchev–Trinajstić information content (AvgIpc) is 2.97. The molecule has 120 valence electrons. The molecule has 0 amide bonds. The van der Waals surface area contributed by atoms with E-state index >= 15 is 0 Å². The monoisotopic (exact) mass is 329 g/mol. The Hall–Kier alpha value is -2.42. The Labute approximate surface area is 145 Å². The second-order valence-corrected chi connectivity index (χ2v) is 11.1. The number of para-hydroxylation sites is 2. The normalized spacial score (nSPS) is 11.0. The average molecular weight is 330 g/mol. The zero-order chi connectivity index (χ0) is 17.0. The first kappa shape index (κ1) is 16.4. The molecule has 0 aliphatic carbocycles. The van der Waals surface area contributed by atoms with Gasteiger partial charge in [-0.05, 0) is 36.2 Å². The molecule has 2 heteroatoms. The van der Waals surface area contributed by atoms with E-state index in [0.29, 0.717) is 0 Å². The van der Waals surface area contributed by atoms with Crippen LogP contribution in [0.4, 0.5) is 0 Å². The van der Waals surface area contributed by atoms with Crippen LogP contribution in [0.5, 0.6) is 0 Å². The van der Waals surface area contributed by atoms with Crippen LogP contribution in [0.15, 0.2) is 48.5 Å². The lowest BCUT2D eigenvalue weighted by atomic mass is 10.2. The van der Waals surface area contributed by atoms with Crippen LogP contribution in [0.3, 0.4) is 0 Å². The molecule has 2 aromatic carbocycles. The van der Waals surface area contributed by atoms with E-state index in [1.54, 1.807) is 0 Å². The van der Waals surface area contributed by atoms with Crippen molar-refractivity contribution in [3.8, 4) is 23.4 Å². The third-order valence-corrected chi connectivity index (χ3v) is 9.88. The number of rotatable bonds is 3. The van der Waals surface area contributed by atoms with E-state index < -0.39 is 8.07 Å². The van der Waals surface area contributed by atoms with Crippen molar-refractivity contribution >= 4 is 29.9 Å². The van der Waals surface area contributed by atoms with Crippen molar-refractivity contribution in [1.82, 2.24) is 4.57 Å². The van der Waals surface area contributed by atoms with Crippen molar-refractivity contribution in [2.75, 3.05) is 0 Å². The smallest absolute Gasteiger partial charge is 0.139 e. The van der Waals surface area contributed by atoms with Crippen molar-refractivity contribution in [2.24, 2.45) is 0 Å². The minimum Gasteiger partial charge on any atom is -0.268 e. The Bertz CT molecular complexity index is 923. The molecular formula is C22H23NSi. The molecule has 0 N–H and O–H groups in total. The van der Waals surface area contributed by atoms with E-state index in [-0.39, 0.29) is 0 Å². The van der Waals surface area contributed by atoms with Crippen molar-refractivity contribution in [3.63, 3.8) is 0 Å². The highest BCUT2D eigenvalue weighted by atomic mass is 28.3. The molecule has 0 bridgehead atoms. The molecule has 0 spiro atoms. The molecule has 0 unspecified atom stereocenters. The van der Waals surface area contributed by atoms with Gasteiger partial charge in [0.25, 0.3) is 0 Å². The highest BCUT2D eigenvalue weighted by Gasteiger charge is 2.23. The maximum atomic E-state index is 3.54. The molecule has 0 aliphatic heterocycles. The lowest BCUT2D eigenvalue weighted by Crippen LogP contribution is -2.29. The highest BCUT2D eigenvalue weighted by Crippen LogP contribution is 2.27. The van der Waals surface area contributed by atoms with E-state index in [1.165, 1.54) is 28.9 Å². The lowest BCUT2D eigenvalue weighted by Gasteiger charge is -2.19. The van der Waals surface area contributed by atoms with Gasteiger partial charge in [-0.3, -0.25) is 4.57 Å². The van der Waals surface area contributed by atoms with E-state index in [4.69, 9.17) is 0 Å². The number of nitrogens with zero attached hydrogens (tertiary/aromatic N) is 1. The fourth-order valence-corrected chi connectivity index (χ4v) is 5.66. The first-order valence-electron chi connectivity index (χ1n) is 8.76. The largest absolute Gasteiger partial charge is 0.268 e. The second-order valence-electron chi connectivity index (χ2n) is 6.20. The van der Waals surface area contributed by atoms with Gasteiger partial charge in [-0.2, -0.15) is 0 Å². The Morgan fingerprint density at radius 2 is 1.25 bits per heavy atom. The van der Waals surface area contributed by atoms with Crippen molar-refractivity contribution in [1.29, 1.82) is 0 Å². The summed E-state index contributed by atoms with van der Waals surface area (Å²) >= 11 is 0. The molecule has 1 nitrogen and oxygen atoms in total. The third kappa shape index (κ3) is 2.86. The van der Waals surface area contributed by atoms with Crippen LogP contribution in [-0.4, -0.2) is 12.6 Å². The van der Waals surface area contributed by atoms with Crippen LogP contribution in [0.25, 0.3) is 21.8 Å². The van der Waals surface area contributed by atoms with Gasteiger partial charge in [-0.25, -0.2) is 0 Å². The van der Waals surface area contributed by atoms with E-state index in [9.17, 15) is 0 Å². The van der Waals surface area contributed by atoms with Crippen LogP contribution in [0.1, 0.15) is 20.8 Å². The van der Waals surface area contributed by atoms with Gasteiger partial charge in [0.2, 0.25) is 0 Å². The van der Waals surface area contributed by atoms with Crippen molar-refractivity contribution < 1.29 is 0 Å². The van der Waals surface area contributed by atoms with Crippen LogP contribution in [-0.2, 0) is 0 Å². The molecular weight excluding hydrogens is 306 g/mol. The third-order valence-electron chi connectivity index (χ3n) is 5.17. The van der Waals surface area contributed by atoms with Gasteiger partial charge in [-0.1, -0.05) is 57.2 Å². The van der Waals surface area contributed by atoms with Crippen molar-refractivity contribution in [3.05, 3.63) is 48.5 Å². The Kier molecular flexibility index (Phi) is 4.79. The predicted molar refractivity (Wildman–Crippen MR) is 108 cm³/mol. The van der Waals surface area contributed by atoms with Gasteiger partial charge in [0, 0.05) is 22.7 Å². The maximum Gasteiger partial charge on any atom is 0.139 e. The minimum absolute atomic E-state index is 1.15. The van der Waals surface area contributed by atoms with Gasteiger partial charge in [-0.15, -0.1) is 5.54 Å². The Balaban J connectivity index is 2.09. The highest BCUT2D eigenvalue weighted by molar-refractivity contribution is 6.87. The number of benzene rings is 2. The first-order valence-corrected chi connectivity index (χ1v) is 11.4.